The van der Waals surface area contributed by atoms with Gasteiger partial charge in [-0.1, -0.05) is 45.7 Å². The number of hydrogen-bond acceptors (Lipinski definition) is 5. The molecule has 152 valence electrons. The molecule has 0 spiro atoms. The van der Waals surface area contributed by atoms with E-state index in [1.807, 2.05) is 42.7 Å². The van der Waals surface area contributed by atoms with Crippen LogP contribution in [-0.4, -0.2) is 36.2 Å². The van der Waals surface area contributed by atoms with Crippen LogP contribution in [-0.2, 0) is 17.9 Å². The number of benzene rings is 2. The number of aliphatic carboxylic acids is 1. The molecule has 2 aromatic carbocycles. The van der Waals surface area contributed by atoms with Gasteiger partial charge in [0.2, 0.25) is 0 Å². The van der Waals surface area contributed by atoms with Gasteiger partial charge in [-0.3, -0.25) is 4.79 Å². The summed E-state index contributed by atoms with van der Waals surface area (Å²) < 4.78 is 12.2. The number of carbonyl (C=O) groups is 1. The third kappa shape index (κ3) is 6.58. The first kappa shape index (κ1) is 22.9. The van der Waals surface area contributed by atoms with E-state index in [0.29, 0.717) is 36.1 Å². The summed E-state index contributed by atoms with van der Waals surface area (Å²) in [4.78, 5) is 11.4. The van der Waals surface area contributed by atoms with E-state index in [4.69, 9.17) is 21.1 Å². The zero-order chi connectivity index (χ0) is 20.5. The fourth-order valence-corrected chi connectivity index (χ4v) is 3.66. The van der Waals surface area contributed by atoms with Crippen LogP contribution in [0.2, 0.25) is 5.02 Å². The van der Waals surface area contributed by atoms with Gasteiger partial charge in [-0.25, -0.2) is 0 Å². The number of nitrogens with one attached hydrogen (secondary N) is 1. The minimum absolute atomic E-state index is 0.315. The number of hydrogen-bond donors (Lipinski definition) is 2. The third-order valence-electron chi connectivity index (χ3n) is 4.12. The Bertz CT molecular complexity index is 806. The molecule has 28 heavy (non-hydrogen) atoms. The van der Waals surface area contributed by atoms with Gasteiger partial charge in [0, 0.05) is 21.6 Å². The highest BCUT2D eigenvalue weighted by atomic mass is 79.9. The zero-order valence-electron chi connectivity index (χ0n) is 15.7. The van der Waals surface area contributed by atoms with Gasteiger partial charge in [0.15, 0.2) is 11.5 Å². The lowest BCUT2D eigenvalue weighted by molar-refractivity contribution is -0.139. The molecule has 0 heterocycles. The van der Waals surface area contributed by atoms with E-state index in [9.17, 15) is 9.90 Å². The Morgan fingerprint density at radius 1 is 1.29 bits per heavy atom. The third-order valence-corrected chi connectivity index (χ3v) is 5.87. The summed E-state index contributed by atoms with van der Waals surface area (Å²) in [7, 11) is 1.57. The topological polar surface area (TPSA) is 67.8 Å². The van der Waals surface area contributed by atoms with Crippen molar-refractivity contribution >= 4 is 45.3 Å². The monoisotopic (exact) mass is 487 g/mol. The highest BCUT2D eigenvalue weighted by Gasteiger charge is 2.18. The Hall–Kier alpha value is -1.41. The molecule has 0 aromatic heterocycles. The maximum atomic E-state index is 11.4. The van der Waals surface area contributed by atoms with E-state index in [0.717, 1.165) is 21.4 Å². The van der Waals surface area contributed by atoms with Crippen LogP contribution in [0.4, 0.5) is 0 Å². The molecule has 0 saturated carbocycles. The van der Waals surface area contributed by atoms with Crippen molar-refractivity contribution in [1.82, 2.24) is 5.32 Å². The maximum Gasteiger partial charge on any atom is 0.320 e. The molecule has 2 aromatic rings. The van der Waals surface area contributed by atoms with E-state index in [1.54, 1.807) is 18.9 Å². The van der Waals surface area contributed by atoms with Crippen molar-refractivity contribution in [3.05, 3.63) is 57.0 Å². The summed E-state index contributed by atoms with van der Waals surface area (Å²) in [6, 6.07) is 10.6. The summed E-state index contributed by atoms with van der Waals surface area (Å²) >= 11 is 11.3. The van der Waals surface area contributed by atoms with E-state index in [-0.39, 0.29) is 0 Å². The largest absolute Gasteiger partial charge is 0.493 e. The van der Waals surface area contributed by atoms with Crippen LogP contribution in [0.5, 0.6) is 11.5 Å². The first-order valence-electron chi connectivity index (χ1n) is 8.64. The molecule has 0 amide bonds. The van der Waals surface area contributed by atoms with E-state index in [1.165, 1.54) is 0 Å². The van der Waals surface area contributed by atoms with E-state index >= 15 is 0 Å². The molecule has 0 bridgehead atoms. The number of thioether (sulfide) groups is 1. The van der Waals surface area contributed by atoms with Gasteiger partial charge in [0.1, 0.15) is 12.6 Å². The van der Waals surface area contributed by atoms with Gasteiger partial charge in [-0.2, -0.15) is 11.8 Å². The lowest BCUT2D eigenvalue weighted by Crippen LogP contribution is -2.36. The SMILES string of the molecule is COc1cc(CNC(CCSC)C(=O)O)c(Br)cc1OCc1ccccc1Cl. The Morgan fingerprint density at radius 2 is 2.04 bits per heavy atom. The maximum absolute atomic E-state index is 11.4. The Kier molecular flexibility index (Phi) is 9.44. The van der Waals surface area contributed by atoms with Gasteiger partial charge in [-0.15, -0.1) is 0 Å². The number of carboxylic acids is 1. The average Bonchev–Trinajstić information content (AvgIpc) is 2.68. The fraction of sp³-hybridized carbons (Fsp3) is 0.350. The zero-order valence-corrected chi connectivity index (χ0v) is 18.9. The standard InChI is InChI=1S/C20H23BrClNO4S/c1-26-18-9-14(11-23-17(20(24)25)7-8-28-2)15(21)10-19(18)27-12-13-5-3-4-6-16(13)22/h3-6,9-10,17,23H,7-8,11-12H2,1-2H3,(H,24,25). The van der Waals surface area contributed by atoms with Crippen molar-refractivity contribution in [3.8, 4) is 11.5 Å². The number of rotatable bonds is 11. The lowest BCUT2D eigenvalue weighted by atomic mass is 10.1. The molecule has 0 aliphatic carbocycles. The molecule has 2 rings (SSSR count). The first-order valence-corrected chi connectivity index (χ1v) is 11.2. The molecule has 5 nitrogen and oxygen atoms in total. The molecule has 1 unspecified atom stereocenters. The van der Waals surface area contributed by atoms with Crippen molar-refractivity contribution in [3.63, 3.8) is 0 Å². The van der Waals surface area contributed by atoms with Crippen LogP contribution in [0, 0.1) is 0 Å². The Morgan fingerprint density at radius 3 is 2.68 bits per heavy atom. The molecule has 8 heteroatoms. The van der Waals surface area contributed by atoms with E-state index < -0.39 is 12.0 Å². The van der Waals surface area contributed by atoms with Gasteiger partial charge in [-0.05, 0) is 42.2 Å². The lowest BCUT2D eigenvalue weighted by Gasteiger charge is -2.17. The highest BCUT2D eigenvalue weighted by molar-refractivity contribution is 9.10. The highest BCUT2D eigenvalue weighted by Crippen LogP contribution is 2.34. The van der Waals surface area contributed by atoms with Crippen molar-refractivity contribution < 1.29 is 19.4 Å². The van der Waals surface area contributed by atoms with Crippen molar-refractivity contribution in [2.45, 2.75) is 25.6 Å². The quantitative estimate of drug-likeness (QED) is 0.465. The Labute approximate surface area is 182 Å². The van der Waals surface area contributed by atoms with Crippen molar-refractivity contribution in [2.75, 3.05) is 19.1 Å². The molecule has 0 saturated heterocycles. The summed E-state index contributed by atoms with van der Waals surface area (Å²) in [6.45, 7) is 0.711. The van der Waals surface area contributed by atoms with Crippen LogP contribution in [0.25, 0.3) is 0 Å². The minimum atomic E-state index is -0.850. The molecular formula is C20H23BrClNO4S. The second-order valence-electron chi connectivity index (χ2n) is 6.03. The molecule has 0 radical (unpaired) electrons. The van der Waals surface area contributed by atoms with Gasteiger partial charge < -0.3 is 19.9 Å². The fourth-order valence-electron chi connectivity index (χ4n) is 2.54. The molecule has 0 aliphatic rings. The summed E-state index contributed by atoms with van der Waals surface area (Å²) in [5.74, 6) is 1.08. The van der Waals surface area contributed by atoms with Gasteiger partial charge in [0.25, 0.3) is 0 Å². The molecule has 0 aliphatic heterocycles. The van der Waals surface area contributed by atoms with Crippen LogP contribution in [0.15, 0.2) is 40.9 Å². The summed E-state index contributed by atoms with van der Waals surface area (Å²) in [5, 5.41) is 13.1. The number of halogens is 2. The second kappa shape index (κ2) is 11.6. The number of carboxylic acid groups (broad SMARTS) is 1. The van der Waals surface area contributed by atoms with Gasteiger partial charge >= 0.3 is 5.97 Å². The molecule has 1 atom stereocenters. The molecular weight excluding hydrogens is 466 g/mol. The number of methoxy groups -OCH3 is 1. The normalized spacial score (nSPS) is 11.9. The minimum Gasteiger partial charge on any atom is -0.493 e. The predicted molar refractivity (Wildman–Crippen MR) is 118 cm³/mol. The predicted octanol–water partition coefficient (Wildman–Crippen LogP) is 4.99. The van der Waals surface area contributed by atoms with Crippen LogP contribution >= 0.6 is 39.3 Å². The average molecular weight is 489 g/mol. The van der Waals surface area contributed by atoms with Crippen molar-refractivity contribution in [2.24, 2.45) is 0 Å². The molecule has 0 fully saturated rings. The number of ether oxygens (including phenoxy) is 2. The van der Waals surface area contributed by atoms with E-state index in [2.05, 4.69) is 21.2 Å². The summed E-state index contributed by atoms with van der Waals surface area (Å²) in [5.41, 5.74) is 1.77. The Balaban J connectivity index is 2.09. The second-order valence-corrected chi connectivity index (χ2v) is 8.27. The first-order chi connectivity index (χ1) is 13.5. The summed E-state index contributed by atoms with van der Waals surface area (Å²) in [6.07, 6.45) is 2.52. The van der Waals surface area contributed by atoms with Gasteiger partial charge in [0.05, 0.1) is 7.11 Å². The van der Waals surface area contributed by atoms with Crippen LogP contribution in [0.1, 0.15) is 17.5 Å². The van der Waals surface area contributed by atoms with Crippen molar-refractivity contribution in [1.29, 1.82) is 0 Å². The molecule has 2 N–H and O–H groups in total. The van der Waals surface area contributed by atoms with Crippen LogP contribution < -0.4 is 14.8 Å². The smallest absolute Gasteiger partial charge is 0.320 e. The van der Waals surface area contributed by atoms with Crippen LogP contribution in [0.3, 0.4) is 0 Å².